The van der Waals surface area contributed by atoms with Gasteiger partial charge in [-0.05, 0) is 66.8 Å². The second-order valence-corrected chi connectivity index (χ2v) is 9.32. The molecule has 7 nitrogen and oxygen atoms in total. The van der Waals surface area contributed by atoms with Crippen LogP contribution in [-0.2, 0) is 13.5 Å². The topological polar surface area (TPSA) is 75.4 Å². The largest absolute Gasteiger partial charge is 0.326 e. The number of aromatic nitrogens is 3. The van der Waals surface area contributed by atoms with Crippen molar-refractivity contribution in [3.63, 3.8) is 0 Å². The van der Waals surface area contributed by atoms with Crippen LogP contribution in [0.4, 0.5) is 0 Å². The Labute approximate surface area is 200 Å². The molecule has 2 aromatic heterocycles. The van der Waals surface area contributed by atoms with Crippen LogP contribution < -0.4 is 5.32 Å². The minimum atomic E-state index is -0.104. The lowest BCUT2D eigenvalue weighted by Gasteiger charge is -2.36. The number of benzene rings is 1. The molecule has 1 fully saturated rings. The fourth-order valence-electron chi connectivity index (χ4n) is 4.61. The molecule has 1 amide bonds. The van der Waals surface area contributed by atoms with E-state index in [2.05, 4.69) is 56.6 Å². The van der Waals surface area contributed by atoms with E-state index in [0.717, 1.165) is 65.5 Å². The molecule has 34 heavy (non-hydrogen) atoms. The number of nitrogens with zero attached hydrogens (tertiary/aromatic N) is 5. The molecular formula is C27H30N6O. The van der Waals surface area contributed by atoms with E-state index < -0.39 is 0 Å². The number of aliphatic imine (C=N–C) groups is 1. The van der Waals surface area contributed by atoms with Crippen LogP contribution in [0.25, 0.3) is 17.2 Å². The molecular weight excluding hydrogens is 424 g/mol. The first-order valence-corrected chi connectivity index (χ1v) is 11.8. The van der Waals surface area contributed by atoms with Crippen LogP contribution in [0.1, 0.15) is 40.0 Å². The van der Waals surface area contributed by atoms with Gasteiger partial charge in [-0.1, -0.05) is 12.1 Å². The third-order valence-electron chi connectivity index (χ3n) is 6.50. The van der Waals surface area contributed by atoms with Crippen molar-refractivity contribution in [2.24, 2.45) is 18.0 Å². The molecule has 0 unspecified atom stereocenters. The molecule has 0 radical (unpaired) electrons. The molecule has 0 atom stereocenters. The highest BCUT2D eigenvalue weighted by Crippen LogP contribution is 2.24. The standard InChI is InChI=1S/C27H30N6O/c1-32-16-19(17-32)3-6-25-12-21(7-10-29-25)27(34)31-26-8-9-28-14-22-5-4-20(11-23(22)13-26)24-15-30-33(2)18-24/h4-5,7,10-15,18-19H,3,6,8-9,16-17H2,1-2H3,(H,31,34). The molecule has 7 heteroatoms. The predicted octanol–water partition coefficient (Wildman–Crippen LogP) is 3.57. The second-order valence-electron chi connectivity index (χ2n) is 9.32. The molecule has 0 spiro atoms. The minimum Gasteiger partial charge on any atom is -0.326 e. The number of amides is 1. The zero-order valence-electron chi connectivity index (χ0n) is 19.7. The number of fused-ring (bicyclic) bond motifs is 1. The average Bonchev–Trinajstić information content (AvgIpc) is 3.24. The van der Waals surface area contributed by atoms with E-state index in [1.807, 2.05) is 31.7 Å². The van der Waals surface area contributed by atoms with Gasteiger partial charge in [0, 0.05) is 74.2 Å². The Balaban J connectivity index is 1.32. The van der Waals surface area contributed by atoms with E-state index in [4.69, 9.17) is 0 Å². The molecule has 2 aliphatic heterocycles. The van der Waals surface area contributed by atoms with Crippen LogP contribution >= 0.6 is 0 Å². The number of carbonyl (C=O) groups excluding carboxylic acids is 1. The maximum atomic E-state index is 13.1. The third kappa shape index (κ3) is 5.15. The molecule has 5 rings (SSSR count). The van der Waals surface area contributed by atoms with Crippen molar-refractivity contribution in [2.75, 3.05) is 26.7 Å². The number of aryl methyl sites for hydroxylation is 2. The summed E-state index contributed by atoms with van der Waals surface area (Å²) in [5.41, 5.74) is 6.69. The molecule has 1 N–H and O–H groups in total. The van der Waals surface area contributed by atoms with E-state index in [1.54, 1.807) is 16.9 Å². The molecule has 1 saturated heterocycles. The van der Waals surface area contributed by atoms with E-state index in [0.29, 0.717) is 18.5 Å². The van der Waals surface area contributed by atoms with Gasteiger partial charge < -0.3 is 10.2 Å². The average molecular weight is 455 g/mol. The van der Waals surface area contributed by atoms with Crippen molar-refractivity contribution in [2.45, 2.75) is 19.3 Å². The molecule has 4 heterocycles. The van der Waals surface area contributed by atoms with Gasteiger partial charge in [0.15, 0.2) is 0 Å². The van der Waals surface area contributed by atoms with Gasteiger partial charge in [-0.3, -0.25) is 19.5 Å². The molecule has 1 aromatic carbocycles. The number of hydrogen-bond acceptors (Lipinski definition) is 5. The van der Waals surface area contributed by atoms with Crippen LogP contribution in [0.3, 0.4) is 0 Å². The first-order valence-electron chi connectivity index (χ1n) is 11.8. The summed E-state index contributed by atoms with van der Waals surface area (Å²) < 4.78 is 1.79. The predicted molar refractivity (Wildman–Crippen MR) is 135 cm³/mol. The number of likely N-dealkylation sites (tertiary alicyclic amines) is 1. The second kappa shape index (κ2) is 9.73. The van der Waals surface area contributed by atoms with Crippen molar-refractivity contribution < 1.29 is 4.79 Å². The Morgan fingerprint density at radius 3 is 2.79 bits per heavy atom. The van der Waals surface area contributed by atoms with Gasteiger partial charge in [-0.25, -0.2) is 0 Å². The van der Waals surface area contributed by atoms with Crippen LogP contribution in [-0.4, -0.2) is 58.5 Å². The Kier molecular flexibility index (Phi) is 6.36. The van der Waals surface area contributed by atoms with E-state index in [9.17, 15) is 4.79 Å². The molecule has 0 bridgehead atoms. The first kappa shape index (κ1) is 22.2. The summed E-state index contributed by atoms with van der Waals surface area (Å²) in [6.45, 7) is 2.94. The summed E-state index contributed by atoms with van der Waals surface area (Å²) in [4.78, 5) is 24.4. The Morgan fingerprint density at radius 2 is 2.00 bits per heavy atom. The summed E-state index contributed by atoms with van der Waals surface area (Å²) in [6, 6.07) is 9.98. The Bertz CT molecular complexity index is 1250. The maximum absolute atomic E-state index is 13.1. The third-order valence-corrected chi connectivity index (χ3v) is 6.50. The lowest BCUT2D eigenvalue weighted by atomic mass is 9.94. The molecule has 0 saturated carbocycles. The lowest BCUT2D eigenvalue weighted by molar-refractivity contribution is 0.0965. The summed E-state index contributed by atoms with van der Waals surface area (Å²) in [7, 11) is 4.06. The van der Waals surface area contributed by atoms with Crippen molar-refractivity contribution in [3.05, 3.63) is 77.0 Å². The highest BCUT2D eigenvalue weighted by Gasteiger charge is 2.22. The van der Waals surface area contributed by atoms with Gasteiger partial charge in [0.05, 0.1) is 6.20 Å². The summed E-state index contributed by atoms with van der Waals surface area (Å²) in [5.74, 6) is 0.634. The van der Waals surface area contributed by atoms with Gasteiger partial charge in [0.1, 0.15) is 0 Å². The Morgan fingerprint density at radius 1 is 1.12 bits per heavy atom. The van der Waals surface area contributed by atoms with E-state index in [-0.39, 0.29) is 5.91 Å². The van der Waals surface area contributed by atoms with Crippen LogP contribution in [0.2, 0.25) is 0 Å². The first-order chi connectivity index (χ1) is 16.5. The number of carbonyl (C=O) groups is 1. The summed E-state index contributed by atoms with van der Waals surface area (Å²) in [5, 5.41) is 7.40. The fourth-order valence-corrected chi connectivity index (χ4v) is 4.61. The molecule has 0 aliphatic carbocycles. The number of pyridine rings is 1. The van der Waals surface area contributed by atoms with E-state index >= 15 is 0 Å². The van der Waals surface area contributed by atoms with Crippen molar-refractivity contribution in [1.29, 1.82) is 0 Å². The van der Waals surface area contributed by atoms with Crippen LogP contribution in [0, 0.1) is 5.92 Å². The van der Waals surface area contributed by atoms with Crippen molar-refractivity contribution in [1.82, 2.24) is 25.0 Å². The summed E-state index contributed by atoms with van der Waals surface area (Å²) >= 11 is 0. The zero-order chi connectivity index (χ0) is 23.5. The van der Waals surface area contributed by atoms with E-state index in [1.165, 1.54) is 0 Å². The highest BCUT2D eigenvalue weighted by atomic mass is 16.1. The maximum Gasteiger partial charge on any atom is 0.255 e. The highest BCUT2D eigenvalue weighted by molar-refractivity contribution is 5.96. The fraction of sp³-hybridized carbons (Fsp3) is 0.333. The van der Waals surface area contributed by atoms with Crippen molar-refractivity contribution >= 4 is 18.2 Å². The SMILES string of the molecule is CN1CC(CCc2cc(C(=O)NC3=Cc4cc(-c5cnn(C)c5)ccc4C=NCC3)ccn2)C1. The molecule has 3 aromatic rings. The van der Waals surface area contributed by atoms with Gasteiger partial charge in [-0.2, -0.15) is 5.10 Å². The Hall–Kier alpha value is -3.58. The smallest absolute Gasteiger partial charge is 0.255 e. The normalized spacial score (nSPS) is 16.2. The molecule has 2 aliphatic rings. The van der Waals surface area contributed by atoms with Gasteiger partial charge in [0.25, 0.3) is 5.91 Å². The quantitative estimate of drug-likeness (QED) is 0.618. The van der Waals surface area contributed by atoms with Gasteiger partial charge in [0.2, 0.25) is 0 Å². The van der Waals surface area contributed by atoms with Gasteiger partial charge in [-0.15, -0.1) is 0 Å². The lowest BCUT2D eigenvalue weighted by Crippen LogP contribution is -2.43. The number of nitrogens with one attached hydrogen (secondary N) is 1. The van der Waals surface area contributed by atoms with Crippen LogP contribution in [0.15, 0.2) is 59.6 Å². The van der Waals surface area contributed by atoms with Crippen molar-refractivity contribution in [3.8, 4) is 11.1 Å². The minimum absolute atomic E-state index is 0.104. The monoisotopic (exact) mass is 454 g/mol. The van der Waals surface area contributed by atoms with Gasteiger partial charge >= 0.3 is 0 Å². The number of rotatable bonds is 6. The number of hydrogen-bond donors (Lipinski definition) is 1. The van der Waals surface area contributed by atoms with Crippen LogP contribution in [0.5, 0.6) is 0 Å². The molecule has 174 valence electrons. The summed E-state index contributed by atoms with van der Waals surface area (Å²) in [6.07, 6.45) is 12.3. The zero-order valence-corrected chi connectivity index (χ0v) is 19.7.